The van der Waals surface area contributed by atoms with Crippen LogP contribution >= 0.6 is 0 Å². The third kappa shape index (κ3) is 3.98. The molecule has 0 unspecified atom stereocenters. The summed E-state index contributed by atoms with van der Waals surface area (Å²) in [7, 11) is 1.66. The fourth-order valence-electron chi connectivity index (χ4n) is 4.40. The van der Waals surface area contributed by atoms with Crippen LogP contribution in [0, 0.1) is 5.82 Å². The van der Waals surface area contributed by atoms with Crippen molar-refractivity contribution in [2.75, 3.05) is 26.8 Å². The van der Waals surface area contributed by atoms with Crippen molar-refractivity contribution in [3.8, 4) is 0 Å². The normalized spacial score (nSPS) is 15.1. The van der Waals surface area contributed by atoms with Crippen molar-refractivity contribution in [3.63, 3.8) is 0 Å². The summed E-state index contributed by atoms with van der Waals surface area (Å²) >= 11 is 0. The Bertz CT molecular complexity index is 1040. The van der Waals surface area contributed by atoms with Gasteiger partial charge in [0, 0.05) is 44.2 Å². The van der Waals surface area contributed by atoms with Gasteiger partial charge in [-0.3, -0.25) is 4.79 Å². The molecule has 2 aromatic carbocycles. The van der Waals surface area contributed by atoms with Gasteiger partial charge in [0.15, 0.2) is 0 Å². The van der Waals surface area contributed by atoms with Gasteiger partial charge in [-0.2, -0.15) is 0 Å². The number of benzene rings is 2. The maximum absolute atomic E-state index is 14.4. The summed E-state index contributed by atoms with van der Waals surface area (Å²) in [4.78, 5) is 15.2. The number of amides is 1. The Morgan fingerprint density at radius 2 is 1.93 bits per heavy atom. The SMILES string of the molecule is COCCn1c(C(=O)N2CCC(c3cc(CN)ccc3F)CC2)cc2ccccc21. The number of para-hydroxylation sites is 1. The molecule has 1 aliphatic rings. The van der Waals surface area contributed by atoms with Crippen LogP contribution in [-0.2, 0) is 17.8 Å². The topological polar surface area (TPSA) is 60.5 Å². The van der Waals surface area contributed by atoms with Gasteiger partial charge in [0.2, 0.25) is 0 Å². The number of carbonyl (C=O) groups is 1. The highest BCUT2D eigenvalue weighted by Gasteiger charge is 2.28. The number of carbonyl (C=O) groups excluding carboxylic acids is 1. The predicted molar refractivity (Wildman–Crippen MR) is 116 cm³/mol. The zero-order valence-electron chi connectivity index (χ0n) is 17.3. The monoisotopic (exact) mass is 409 g/mol. The lowest BCUT2D eigenvalue weighted by Gasteiger charge is -2.32. The van der Waals surface area contributed by atoms with Gasteiger partial charge >= 0.3 is 0 Å². The Balaban J connectivity index is 1.52. The molecular weight excluding hydrogens is 381 g/mol. The predicted octanol–water partition coefficient (Wildman–Crippen LogP) is 3.91. The lowest BCUT2D eigenvalue weighted by Crippen LogP contribution is -2.39. The quantitative estimate of drug-likeness (QED) is 0.672. The maximum Gasteiger partial charge on any atom is 0.270 e. The third-order valence-electron chi connectivity index (χ3n) is 6.07. The van der Waals surface area contributed by atoms with Crippen LogP contribution in [0.4, 0.5) is 4.39 Å². The highest BCUT2D eigenvalue weighted by Crippen LogP contribution is 2.31. The largest absolute Gasteiger partial charge is 0.383 e. The van der Waals surface area contributed by atoms with Crippen molar-refractivity contribution in [1.82, 2.24) is 9.47 Å². The summed E-state index contributed by atoms with van der Waals surface area (Å²) in [5.74, 6) is -0.0477. The molecule has 1 fully saturated rings. The fourth-order valence-corrected chi connectivity index (χ4v) is 4.40. The molecule has 158 valence electrons. The minimum atomic E-state index is -0.184. The van der Waals surface area contributed by atoms with Gasteiger partial charge in [-0.15, -0.1) is 0 Å². The summed E-state index contributed by atoms with van der Waals surface area (Å²) < 4.78 is 21.7. The lowest BCUT2D eigenvalue weighted by atomic mass is 9.88. The molecule has 2 heterocycles. The molecule has 6 heteroatoms. The number of piperidine rings is 1. The van der Waals surface area contributed by atoms with E-state index in [2.05, 4.69) is 0 Å². The van der Waals surface area contributed by atoms with E-state index >= 15 is 0 Å². The number of ether oxygens (including phenoxy) is 1. The smallest absolute Gasteiger partial charge is 0.270 e. The Kier molecular flexibility index (Phi) is 6.16. The van der Waals surface area contributed by atoms with Gasteiger partial charge in [0.1, 0.15) is 11.5 Å². The van der Waals surface area contributed by atoms with E-state index in [1.54, 1.807) is 13.2 Å². The van der Waals surface area contributed by atoms with Crippen LogP contribution in [0.3, 0.4) is 0 Å². The summed E-state index contributed by atoms with van der Waals surface area (Å²) in [5, 5.41) is 1.05. The first-order valence-electron chi connectivity index (χ1n) is 10.5. The third-order valence-corrected chi connectivity index (χ3v) is 6.07. The Morgan fingerprint density at radius 3 is 2.67 bits per heavy atom. The number of halogens is 1. The van der Waals surface area contributed by atoms with Gasteiger partial charge < -0.3 is 19.9 Å². The first-order valence-corrected chi connectivity index (χ1v) is 10.5. The van der Waals surface area contributed by atoms with E-state index in [-0.39, 0.29) is 17.6 Å². The van der Waals surface area contributed by atoms with Crippen LogP contribution in [0.1, 0.15) is 40.4 Å². The Hall–Kier alpha value is -2.70. The Labute approximate surface area is 176 Å². The molecule has 1 aromatic heterocycles. The highest BCUT2D eigenvalue weighted by molar-refractivity contribution is 5.98. The van der Waals surface area contributed by atoms with Gasteiger partial charge in [-0.25, -0.2) is 4.39 Å². The molecule has 1 saturated heterocycles. The molecule has 2 N–H and O–H groups in total. The van der Waals surface area contributed by atoms with Crippen LogP contribution < -0.4 is 5.73 Å². The van der Waals surface area contributed by atoms with Crippen LogP contribution in [-0.4, -0.2) is 42.2 Å². The molecule has 0 saturated carbocycles. The van der Waals surface area contributed by atoms with Crippen molar-refractivity contribution in [3.05, 3.63) is 71.2 Å². The van der Waals surface area contributed by atoms with Gasteiger partial charge in [-0.05, 0) is 48.1 Å². The van der Waals surface area contributed by atoms with Crippen LogP contribution in [0.2, 0.25) is 0 Å². The van der Waals surface area contributed by atoms with Crippen LogP contribution in [0.25, 0.3) is 10.9 Å². The molecule has 3 aromatic rings. The van der Waals surface area contributed by atoms with Crippen molar-refractivity contribution in [2.45, 2.75) is 31.8 Å². The summed E-state index contributed by atoms with van der Waals surface area (Å²) in [6.45, 7) is 2.79. The van der Waals surface area contributed by atoms with Crippen molar-refractivity contribution in [2.24, 2.45) is 5.73 Å². The molecule has 1 amide bonds. The van der Waals surface area contributed by atoms with Gasteiger partial charge in [-0.1, -0.05) is 30.3 Å². The van der Waals surface area contributed by atoms with Crippen LogP contribution in [0.5, 0.6) is 0 Å². The maximum atomic E-state index is 14.4. The van der Waals surface area contributed by atoms with Crippen LogP contribution in [0.15, 0.2) is 48.5 Å². The van der Waals surface area contributed by atoms with E-state index in [0.29, 0.717) is 38.5 Å². The molecule has 0 radical (unpaired) electrons. The second-order valence-electron chi connectivity index (χ2n) is 7.86. The van der Waals surface area contributed by atoms with E-state index in [9.17, 15) is 9.18 Å². The number of aromatic nitrogens is 1. The number of nitrogens with two attached hydrogens (primary N) is 1. The second kappa shape index (κ2) is 8.98. The average molecular weight is 410 g/mol. The van der Waals surface area contributed by atoms with Gasteiger partial charge in [0.25, 0.3) is 5.91 Å². The van der Waals surface area contributed by atoms with E-state index in [4.69, 9.17) is 10.5 Å². The van der Waals surface area contributed by atoms with E-state index in [0.717, 1.165) is 34.9 Å². The lowest BCUT2D eigenvalue weighted by molar-refractivity contribution is 0.0699. The molecule has 0 bridgehead atoms. The standard InChI is InChI=1S/C24H28FN3O2/c1-30-13-12-28-22-5-3-2-4-19(22)15-23(28)24(29)27-10-8-18(9-11-27)20-14-17(16-26)6-7-21(20)25/h2-7,14-15,18H,8-13,16,26H2,1H3. The summed E-state index contributed by atoms with van der Waals surface area (Å²) in [6.07, 6.45) is 1.49. The average Bonchev–Trinajstić information content (AvgIpc) is 3.16. The molecule has 0 atom stereocenters. The molecular formula is C24H28FN3O2. The number of rotatable bonds is 6. The van der Waals surface area contributed by atoms with Crippen molar-refractivity contribution in [1.29, 1.82) is 0 Å². The number of likely N-dealkylation sites (tertiary alicyclic amines) is 1. The molecule has 0 aliphatic carbocycles. The van der Waals surface area contributed by atoms with Crippen molar-refractivity contribution >= 4 is 16.8 Å². The highest BCUT2D eigenvalue weighted by atomic mass is 19.1. The van der Waals surface area contributed by atoms with E-state index in [1.807, 2.05) is 45.9 Å². The van der Waals surface area contributed by atoms with Gasteiger partial charge in [0.05, 0.1) is 6.61 Å². The first-order chi connectivity index (χ1) is 14.6. The fraction of sp³-hybridized carbons (Fsp3) is 0.375. The number of fused-ring (bicyclic) bond motifs is 1. The zero-order valence-corrected chi connectivity index (χ0v) is 17.3. The minimum Gasteiger partial charge on any atom is -0.383 e. The Morgan fingerprint density at radius 1 is 1.17 bits per heavy atom. The summed E-state index contributed by atoms with van der Waals surface area (Å²) in [6, 6.07) is 15.1. The second-order valence-corrected chi connectivity index (χ2v) is 7.86. The van der Waals surface area contributed by atoms with Crippen molar-refractivity contribution < 1.29 is 13.9 Å². The molecule has 0 spiro atoms. The number of methoxy groups -OCH3 is 1. The zero-order chi connectivity index (χ0) is 21.1. The number of hydrogen-bond acceptors (Lipinski definition) is 3. The van der Waals surface area contributed by atoms with E-state index in [1.165, 1.54) is 6.07 Å². The molecule has 4 rings (SSSR count). The molecule has 1 aliphatic heterocycles. The summed E-state index contributed by atoms with van der Waals surface area (Å²) in [5.41, 5.74) is 9.10. The molecule has 30 heavy (non-hydrogen) atoms. The minimum absolute atomic E-state index is 0.0249. The number of hydrogen-bond donors (Lipinski definition) is 1. The molecule has 5 nitrogen and oxygen atoms in total. The van der Waals surface area contributed by atoms with E-state index < -0.39 is 0 Å². The first kappa shape index (κ1) is 20.6. The number of nitrogens with zero attached hydrogens (tertiary/aromatic N) is 2.